The minimum Gasteiger partial charge on any atom is -0.323 e. The molecule has 6 heteroatoms. The molecule has 0 aliphatic carbocycles. The third kappa shape index (κ3) is 2.76. The van der Waals surface area contributed by atoms with Gasteiger partial charge in [-0.2, -0.15) is 5.10 Å². The fourth-order valence-electron chi connectivity index (χ4n) is 1.81. The number of nitrogens with zero attached hydrogens (tertiary/aromatic N) is 4. The van der Waals surface area contributed by atoms with Crippen LogP contribution >= 0.6 is 11.5 Å². The van der Waals surface area contributed by atoms with Crippen molar-refractivity contribution >= 4 is 11.5 Å². The van der Waals surface area contributed by atoms with Crippen LogP contribution in [0.25, 0.3) is 0 Å². The van der Waals surface area contributed by atoms with Crippen molar-refractivity contribution in [2.45, 2.75) is 45.7 Å². The lowest BCUT2D eigenvalue weighted by Crippen LogP contribution is -2.14. The van der Waals surface area contributed by atoms with E-state index >= 15 is 0 Å². The third-order valence-electron chi connectivity index (χ3n) is 3.16. The summed E-state index contributed by atoms with van der Waals surface area (Å²) >= 11 is 1.37. The zero-order valence-corrected chi connectivity index (χ0v) is 11.8. The van der Waals surface area contributed by atoms with Crippen molar-refractivity contribution in [1.29, 1.82) is 0 Å². The van der Waals surface area contributed by atoms with Crippen molar-refractivity contribution in [3.63, 3.8) is 0 Å². The number of rotatable bonds is 5. The van der Waals surface area contributed by atoms with Crippen LogP contribution in [0.4, 0.5) is 0 Å². The maximum atomic E-state index is 6.17. The lowest BCUT2D eigenvalue weighted by molar-refractivity contribution is 0.472. The van der Waals surface area contributed by atoms with E-state index in [1.807, 2.05) is 23.9 Å². The van der Waals surface area contributed by atoms with Crippen LogP contribution in [0.5, 0.6) is 0 Å². The molecule has 0 aromatic carbocycles. The Morgan fingerprint density at radius 2 is 2.28 bits per heavy atom. The lowest BCUT2D eigenvalue weighted by atomic mass is 10.1. The highest BCUT2D eigenvalue weighted by Gasteiger charge is 2.15. The number of hydrogen-bond acceptors (Lipinski definition) is 5. The molecule has 0 aliphatic rings. The van der Waals surface area contributed by atoms with Gasteiger partial charge < -0.3 is 5.73 Å². The van der Waals surface area contributed by atoms with Crippen LogP contribution in [0.15, 0.2) is 12.3 Å². The van der Waals surface area contributed by atoms with Gasteiger partial charge in [-0.05, 0) is 37.9 Å². The summed E-state index contributed by atoms with van der Waals surface area (Å²) < 4.78 is 5.92. The quantitative estimate of drug-likeness (QED) is 0.900. The molecule has 0 spiro atoms. The maximum absolute atomic E-state index is 6.17. The average Bonchev–Trinajstić information content (AvgIpc) is 2.97. The molecule has 0 bridgehead atoms. The van der Waals surface area contributed by atoms with Gasteiger partial charge in [0.1, 0.15) is 0 Å². The molecule has 0 aliphatic heterocycles. The highest BCUT2D eigenvalue weighted by molar-refractivity contribution is 7.05. The predicted octanol–water partition coefficient (Wildman–Crippen LogP) is 2.26. The van der Waals surface area contributed by atoms with Crippen LogP contribution in [-0.4, -0.2) is 19.4 Å². The summed E-state index contributed by atoms with van der Waals surface area (Å²) in [5, 5.41) is 8.55. The van der Waals surface area contributed by atoms with Crippen LogP contribution < -0.4 is 5.73 Å². The first kappa shape index (κ1) is 13.2. The van der Waals surface area contributed by atoms with Crippen molar-refractivity contribution in [2.75, 3.05) is 0 Å². The second-order valence-electron chi connectivity index (χ2n) is 4.58. The summed E-state index contributed by atoms with van der Waals surface area (Å²) in [5.41, 5.74) is 8.12. The largest absolute Gasteiger partial charge is 0.323 e. The van der Waals surface area contributed by atoms with Gasteiger partial charge in [0.25, 0.3) is 0 Å². The molecule has 0 radical (unpaired) electrons. The first-order valence-corrected chi connectivity index (χ1v) is 6.97. The van der Waals surface area contributed by atoms with Gasteiger partial charge in [0.15, 0.2) is 0 Å². The van der Waals surface area contributed by atoms with E-state index in [4.69, 9.17) is 5.73 Å². The number of aromatic nitrogens is 4. The molecule has 2 rings (SSSR count). The van der Waals surface area contributed by atoms with Crippen LogP contribution in [0.1, 0.15) is 48.6 Å². The zero-order valence-electron chi connectivity index (χ0n) is 11.0. The van der Waals surface area contributed by atoms with Crippen LogP contribution in [0.2, 0.25) is 0 Å². The lowest BCUT2D eigenvalue weighted by Gasteiger charge is -2.09. The SMILES string of the molecule is CCC(C)n1ccc(CC(N)c2snnc2C)n1. The minimum atomic E-state index is -0.0646. The van der Waals surface area contributed by atoms with Crippen LogP contribution in [0, 0.1) is 6.92 Å². The van der Waals surface area contributed by atoms with E-state index in [2.05, 4.69) is 28.5 Å². The molecule has 2 aromatic heterocycles. The summed E-state index contributed by atoms with van der Waals surface area (Å²) in [6, 6.07) is 2.41. The van der Waals surface area contributed by atoms with E-state index in [1.165, 1.54) is 11.5 Å². The topological polar surface area (TPSA) is 69.6 Å². The van der Waals surface area contributed by atoms with Gasteiger partial charge in [0.05, 0.1) is 16.3 Å². The Kier molecular flexibility index (Phi) is 4.08. The Labute approximate surface area is 111 Å². The maximum Gasteiger partial charge on any atom is 0.0772 e. The summed E-state index contributed by atoms with van der Waals surface area (Å²) in [4.78, 5) is 1.05. The monoisotopic (exact) mass is 265 g/mol. The van der Waals surface area contributed by atoms with Crippen molar-refractivity contribution in [3.05, 3.63) is 28.5 Å². The summed E-state index contributed by atoms with van der Waals surface area (Å²) in [6.45, 7) is 6.26. The molecule has 0 fully saturated rings. The molecular weight excluding hydrogens is 246 g/mol. The Hall–Kier alpha value is -1.27. The highest BCUT2D eigenvalue weighted by atomic mass is 32.1. The fourth-order valence-corrected chi connectivity index (χ4v) is 2.46. The molecule has 18 heavy (non-hydrogen) atoms. The smallest absolute Gasteiger partial charge is 0.0772 e. The van der Waals surface area contributed by atoms with Gasteiger partial charge in [0, 0.05) is 24.7 Å². The predicted molar refractivity (Wildman–Crippen MR) is 72.5 cm³/mol. The first-order valence-electron chi connectivity index (χ1n) is 6.20. The van der Waals surface area contributed by atoms with Crippen molar-refractivity contribution in [2.24, 2.45) is 5.73 Å². The number of hydrogen-bond donors (Lipinski definition) is 1. The number of aryl methyl sites for hydroxylation is 1. The molecule has 98 valence electrons. The Balaban J connectivity index is 2.06. The van der Waals surface area contributed by atoms with E-state index in [1.54, 1.807) is 0 Å². The standard InChI is InChI=1S/C12H19N5S/c1-4-8(2)17-6-5-10(15-17)7-11(13)12-9(3)14-16-18-12/h5-6,8,11H,4,7,13H2,1-3H3. The van der Waals surface area contributed by atoms with Gasteiger partial charge >= 0.3 is 0 Å². The van der Waals surface area contributed by atoms with E-state index in [-0.39, 0.29) is 6.04 Å². The second kappa shape index (κ2) is 5.58. The van der Waals surface area contributed by atoms with Crippen molar-refractivity contribution in [3.8, 4) is 0 Å². The zero-order chi connectivity index (χ0) is 13.1. The molecule has 0 saturated carbocycles. The van der Waals surface area contributed by atoms with Crippen LogP contribution in [-0.2, 0) is 6.42 Å². The molecule has 5 nitrogen and oxygen atoms in total. The van der Waals surface area contributed by atoms with E-state index in [0.29, 0.717) is 6.04 Å². The van der Waals surface area contributed by atoms with E-state index in [9.17, 15) is 0 Å². The summed E-state index contributed by atoms with van der Waals surface area (Å²) in [7, 11) is 0. The molecule has 2 unspecified atom stereocenters. The van der Waals surface area contributed by atoms with Gasteiger partial charge in [-0.15, -0.1) is 5.10 Å². The summed E-state index contributed by atoms with van der Waals surface area (Å²) in [6.07, 6.45) is 3.83. The van der Waals surface area contributed by atoms with Crippen molar-refractivity contribution in [1.82, 2.24) is 19.4 Å². The Bertz CT molecular complexity index is 504. The fraction of sp³-hybridized carbons (Fsp3) is 0.583. The molecule has 2 aromatic rings. The first-order chi connectivity index (χ1) is 8.61. The summed E-state index contributed by atoms with van der Waals surface area (Å²) in [5.74, 6) is 0. The molecule has 2 atom stereocenters. The van der Waals surface area contributed by atoms with Gasteiger partial charge in [0.2, 0.25) is 0 Å². The highest BCUT2D eigenvalue weighted by Crippen LogP contribution is 2.21. The molecular formula is C12H19N5S. The van der Waals surface area contributed by atoms with Gasteiger partial charge in [-0.3, -0.25) is 4.68 Å². The second-order valence-corrected chi connectivity index (χ2v) is 5.36. The minimum absolute atomic E-state index is 0.0646. The van der Waals surface area contributed by atoms with E-state index < -0.39 is 0 Å². The van der Waals surface area contributed by atoms with Gasteiger partial charge in [-0.25, -0.2) is 0 Å². The molecule has 2 heterocycles. The Morgan fingerprint density at radius 3 is 2.89 bits per heavy atom. The van der Waals surface area contributed by atoms with Gasteiger partial charge in [-0.1, -0.05) is 11.4 Å². The number of nitrogens with two attached hydrogens (primary N) is 1. The normalized spacial score (nSPS) is 14.7. The van der Waals surface area contributed by atoms with E-state index in [0.717, 1.165) is 29.1 Å². The molecule has 2 N–H and O–H groups in total. The Morgan fingerprint density at radius 1 is 1.50 bits per heavy atom. The van der Waals surface area contributed by atoms with Crippen molar-refractivity contribution < 1.29 is 0 Å². The van der Waals surface area contributed by atoms with Crippen LogP contribution in [0.3, 0.4) is 0 Å². The molecule has 0 saturated heterocycles. The average molecular weight is 265 g/mol. The molecule has 0 amide bonds. The third-order valence-corrected chi connectivity index (χ3v) is 4.12.